The van der Waals surface area contributed by atoms with Crippen LogP contribution < -0.4 is 9.47 Å². The normalized spacial score (nSPS) is 21.7. The standard InChI is InChI=1S/C17H23NO4/c1-12(16(19)20)18-9-7-17(8-10-18)6-5-13-3-4-14(21-2)11-15(13)22-17/h3-4,11-12H,5-10H2,1-2H3,(H,19,20). The van der Waals surface area contributed by atoms with Gasteiger partial charge in [-0.05, 0) is 44.2 Å². The number of ether oxygens (including phenoxy) is 2. The molecule has 1 spiro atoms. The van der Waals surface area contributed by atoms with Gasteiger partial charge in [0, 0.05) is 19.2 Å². The first-order valence-electron chi connectivity index (χ1n) is 7.86. The monoisotopic (exact) mass is 305 g/mol. The van der Waals surface area contributed by atoms with Crippen LogP contribution in [0, 0.1) is 0 Å². The molecule has 1 fully saturated rings. The Hall–Kier alpha value is -1.75. The molecule has 1 unspecified atom stereocenters. The fourth-order valence-electron chi connectivity index (χ4n) is 3.44. The first-order valence-corrected chi connectivity index (χ1v) is 7.86. The van der Waals surface area contributed by atoms with E-state index in [1.807, 2.05) is 17.0 Å². The van der Waals surface area contributed by atoms with Crippen molar-refractivity contribution in [2.24, 2.45) is 0 Å². The van der Waals surface area contributed by atoms with Crippen LogP contribution in [0.5, 0.6) is 11.5 Å². The highest BCUT2D eigenvalue weighted by molar-refractivity contribution is 5.72. The average Bonchev–Trinajstić information content (AvgIpc) is 2.54. The number of carboxylic acid groups (broad SMARTS) is 1. The summed E-state index contributed by atoms with van der Waals surface area (Å²) in [5, 5.41) is 9.14. The number of piperidine rings is 1. The van der Waals surface area contributed by atoms with Crippen molar-refractivity contribution in [1.82, 2.24) is 4.90 Å². The molecular formula is C17H23NO4. The van der Waals surface area contributed by atoms with E-state index < -0.39 is 12.0 Å². The lowest BCUT2D eigenvalue weighted by atomic mass is 9.82. The second-order valence-electron chi connectivity index (χ2n) is 6.31. The van der Waals surface area contributed by atoms with E-state index >= 15 is 0 Å². The topological polar surface area (TPSA) is 59.0 Å². The summed E-state index contributed by atoms with van der Waals surface area (Å²) < 4.78 is 11.6. The second kappa shape index (κ2) is 5.80. The maximum Gasteiger partial charge on any atom is 0.320 e. The molecule has 1 atom stereocenters. The number of hydrogen-bond acceptors (Lipinski definition) is 4. The van der Waals surface area contributed by atoms with Gasteiger partial charge in [0.1, 0.15) is 23.1 Å². The Morgan fingerprint density at radius 2 is 2.09 bits per heavy atom. The van der Waals surface area contributed by atoms with Crippen LogP contribution in [-0.2, 0) is 11.2 Å². The first-order chi connectivity index (χ1) is 10.5. The Kier molecular flexibility index (Phi) is 4.00. The number of nitrogens with zero attached hydrogens (tertiary/aromatic N) is 1. The fourth-order valence-corrected chi connectivity index (χ4v) is 3.44. The highest BCUT2D eigenvalue weighted by atomic mass is 16.5. The van der Waals surface area contributed by atoms with E-state index in [1.165, 1.54) is 5.56 Å². The zero-order chi connectivity index (χ0) is 15.7. The molecule has 0 aromatic heterocycles. The lowest BCUT2D eigenvalue weighted by molar-refractivity contribution is -0.144. The minimum Gasteiger partial charge on any atom is -0.497 e. The van der Waals surface area contributed by atoms with Crippen molar-refractivity contribution in [1.29, 1.82) is 0 Å². The zero-order valence-electron chi connectivity index (χ0n) is 13.2. The van der Waals surface area contributed by atoms with E-state index in [0.29, 0.717) is 0 Å². The molecule has 120 valence electrons. The molecule has 2 aliphatic heterocycles. The molecule has 1 saturated heterocycles. The number of aryl methyl sites for hydroxylation is 1. The third kappa shape index (κ3) is 2.77. The number of aliphatic carboxylic acids is 1. The number of hydrogen-bond donors (Lipinski definition) is 1. The maximum absolute atomic E-state index is 11.1. The largest absolute Gasteiger partial charge is 0.497 e. The molecular weight excluding hydrogens is 282 g/mol. The van der Waals surface area contributed by atoms with E-state index in [2.05, 4.69) is 6.07 Å². The van der Waals surface area contributed by atoms with Crippen molar-refractivity contribution in [2.75, 3.05) is 20.2 Å². The van der Waals surface area contributed by atoms with E-state index in [1.54, 1.807) is 14.0 Å². The van der Waals surface area contributed by atoms with Crippen LogP contribution in [0.1, 0.15) is 31.7 Å². The summed E-state index contributed by atoms with van der Waals surface area (Å²) in [4.78, 5) is 13.1. The third-order valence-electron chi connectivity index (χ3n) is 5.07. The van der Waals surface area contributed by atoms with Crippen LogP contribution in [0.25, 0.3) is 0 Å². The van der Waals surface area contributed by atoms with Gasteiger partial charge in [0.2, 0.25) is 0 Å². The molecule has 1 aromatic rings. The summed E-state index contributed by atoms with van der Waals surface area (Å²) in [6, 6.07) is 5.58. The molecule has 5 nitrogen and oxygen atoms in total. The van der Waals surface area contributed by atoms with Crippen LogP contribution in [0.4, 0.5) is 0 Å². The van der Waals surface area contributed by atoms with Gasteiger partial charge in [-0.15, -0.1) is 0 Å². The predicted molar refractivity (Wildman–Crippen MR) is 82.6 cm³/mol. The van der Waals surface area contributed by atoms with Crippen LogP contribution in [0.2, 0.25) is 0 Å². The average molecular weight is 305 g/mol. The Balaban J connectivity index is 1.70. The SMILES string of the molecule is COc1ccc2c(c1)OC1(CC2)CCN(C(C)C(=O)O)CC1. The number of benzene rings is 1. The molecule has 2 heterocycles. The van der Waals surface area contributed by atoms with Gasteiger partial charge in [0.15, 0.2) is 0 Å². The van der Waals surface area contributed by atoms with Gasteiger partial charge < -0.3 is 14.6 Å². The lowest BCUT2D eigenvalue weighted by Gasteiger charge is -2.45. The van der Waals surface area contributed by atoms with Crippen molar-refractivity contribution in [3.63, 3.8) is 0 Å². The molecule has 5 heteroatoms. The molecule has 1 N–H and O–H groups in total. The van der Waals surface area contributed by atoms with Gasteiger partial charge in [-0.2, -0.15) is 0 Å². The number of likely N-dealkylation sites (tertiary alicyclic amines) is 1. The van der Waals surface area contributed by atoms with Gasteiger partial charge in [-0.25, -0.2) is 0 Å². The first kappa shape index (κ1) is 15.2. The smallest absolute Gasteiger partial charge is 0.320 e. The number of fused-ring (bicyclic) bond motifs is 1. The Morgan fingerprint density at radius 1 is 1.36 bits per heavy atom. The summed E-state index contributed by atoms with van der Waals surface area (Å²) in [5.41, 5.74) is 1.08. The van der Waals surface area contributed by atoms with E-state index in [9.17, 15) is 4.79 Å². The molecule has 0 bridgehead atoms. The highest BCUT2D eigenvalue weighted by Crippen LogP contribution is 2.40. The maximum atomic E-state index is 11.1. The number of rotatable bonds is 3. The quantitative estimate of drug-likeness (QED) is 0.929. The molecule has 22 heavy (non-hydrogen) atoms. The van der Waals surface area contributed by atoms with Crippen molar-refractivity contribution < 1.29 is 19.4 Å². The summed E-state index contributed by atoms with van der Waals surface area (Å²) in [6.45, 7) is 3.29. The molecule has 0 amide bonds. The molecule has 0 aliphatic carbocycles. The van der Waals surface area contributed by atoms with E-state index in [4.69, 9.17) is 14.6 Å². The van der Waals surface area contributed by atoms with Crippen LogP contribution >= 0.6 is 0 Å². The Labute approximate surface area is 130 Å². The van der Waals surface area contributed by atoms with Gasteiger partial charge in [0.05, 0.1) is 7.11 Å². The number of methoxy groups -OCH3 is 1. The van der Waals surface area contributed by atoms with Crippen molar-refractivity contribution >= 4 is 5.97 Å². The van der Waals surface area contributed by atoms with Gasteiger partial charge in [-0.3, -0.25) is 9.69 Å². The Morgan fingerprint density at radius 3 is 2.73 bits per heavy atom. The van der Waals surface area contributed by atoms with Crippen LogP contribution in [0.3, 0.4) is 0 Å². The molecule has 3 rings (SSSR count). The summed E-state index contributed by atoms with van der Waals surface area (Å²) >= 11 is 0. The minimum absolute atomic E-state index is 0.145. The second-order valence-corrected chi connectivity index (χ2v) is 6.31. The highest BCUT2D eigenvalue weighted by Gasteiger charge is 2.41. The van der Waals surface area contributed by atoms with Crippen molar-refractivity contribution in [3.8, 4) is 11.5 Å². The molecule has 1 aromatic carbocycles. The number of carbonyl (C=O) groups is 1. The van der Waals surface area contributed by atoms with Gasteiger partial charge >= 0.3 is 5.97 Å². The van der Waals surface area contributed by atoms with Gasteiger partial charge in [0.25, 0.3) is 0 Å². The lowest BCUT2D eigenvalue weighted by Crippen LogP contribution is -2.53. The molecule has 0 saturated carbocycles. The summed E-state index contributed by atoms with van der Waals surface area (Å²) in [6.07, 6.45) is 3.76. The van der Waals surface area contributed by atoms with Crippen LogP contribution in [0.15, 0.2) is 18.2 Å². The third-order valence-corrected chi connectivity index (χ3v) is 5.07. The zero-order valence-corrected chi connectivity index (χ0v) is 13.2. The van der Waals surface area contributed by atoms with Crippen molar-refractivity contribution in [2.45, 2.75) is 44.2 Å². The van der Waals surface area contributed by atoms with Gasteiger partial charge in [-0.1, -0.05) is 6.07 Å². The van der Waals surface area contributed by atoms with E-state index in [0.717, 1.165) is 50.3 Å². The summed E-state index contributed by atoms with van der Waals surface area (Å²) in [5.74, 6) is 0.980. The fraction of sp³-hybridized carbons (Fsp3) is 0.588. The van der Waals surface area contributed by atoms with E-state index in [-0.39, 0.29) is 5.60 Å². The molecule has 0 radical (unpaired) electrons. The summed E-state index contributed by atoms with van der Waals surface area (Å²) in [7, 11) is 1.66. The van der Waals surface area contributed by atoms with Crippen LogP contribution in [-0.4, -0.2) is 47.8 Å². The molecule has 2 aliphatic rings. The predicted octanol–water partition coefficient (Wildman–Crippen LogP) is 2.33. The number of carboxylic acids is 1. The Bertz CT molecular complexity index is 564. The minimum atomic E-state index is -0.754. The van der Waals surface area contributed by atoms with Crippen molar-refractivity contribution in [3.05, 3.63) is 23.8 Å².